The molecule has 0 saturated heterocycles. The van der Waals surface area contributed by atoms with E-state index in [1.807, 2.05) is 0 Å². The first-order chi connectivity index (χ1) is 11.2. The summed E-state index contributed by atoms with van der Waals surface area (Å²) in [5.74, 6) is -0.940. The van der Waals surface area contributed by atoms with E-state index >= 15 is 0 Å². The van der Waals surface area contributed by atoms with Crippen LogP contribution in [0.15, 0.2) is 22.7 Å². The van der Waals surface area contributed by atoms with Gasteiger partial charge < -0.3 is 10.1 Å². The first-order valence-electron chi connectivity index (χ1n) is 6.73. The molecule has 2 aromatic carbocycles. The van der Waals surface area contributed by atoms with Gasteiger partial charge in [-0.3, -0.25) is 4.79 Å². The van der Waals surface area contributed by atoms with E-state index in [1.54, 1.807) is 19.9 Å². The van der Waals surface area contributed by atoms with Crippen LogP contribution in [0.3, 0.4) is 0 Å². The van der Waals surface area contributed by atoms with Crippen LogP contribution < -0.4 is 10.1 Å². The third-order valence-corrected chi connectivity index (χ3v) is 5.24. The molecule has 1 amide bonds. The molecule has 0 aliphatic carbocycles. The fraction of sp³-hybridized carbons (Fsp3) is 0.188. The van der Waals surface area contributed by atoms with Gasteiger partial charge in [-0.2, -0.15) is 0 Å². The summed E-state index contributed by atoms with van der Waals surface area (Å²) >= 11 is 21.6. The molecule has 0 radical (unpaired) electrons. The van der Waals surface area contributed by atoms with Gasteiger partial charge in [-0.15, -0.1) is 0 Å². The summed E-state index contributed by atoms with van der Waals surface area (Å²) in [6.07, 6.45) is 0. The van der Waals surface area contributed by atoms with Crippen molar-refractivity contribution < 1.29 is 13.9 Å². The van der Waals surface area contributed by atoms with Crippen LogP contribution >= 0.6 is 50.7 Å². The van der Waals surface area contributed by atoms with Crippen molar-refractivity contribution in [3.63, 3.8) is 0 Å². The quantitative estimate of drug-likeness (QED) is 0.598. The van der Waals surface area contributed by atoms with Crippen LogP contribution in [0.2, 0.25) is 15.1 Å². The first kappa shape index (κ1) is 19.3. The van der Waals surface area contributed by atoms with E-state index in [4.69, 9.17) is 39.5 Å². The Bertz CT molecular complexity index is 785. The van der Waals surface area contributed by atoms with Crippen LogP contribution in [0.5, 0.6) is 5.75 Å². The second kappa shape index (κ2) is 7.91. The highest BCUT2D eigenvalue weighted by Crippen LogP contribution is 2.42. The molecule has 2 rings (SSSR count). The Kier molecular flexibility index (Phi) is 6.37. The van der Waals surface area contributed by atoms with Crippen LogP contribution in [0.1, 0.15) is 11.1 Å². The number of anilines is 1. The van der Waals surface area contributed by atoms with Gasteiger partial charge >= 0.3 is 0 Å². The van der Waals surface area contributed by atoms with Crippen molar-refractivity contribution in [3.05, 3.63) is 54.7 Å². The fourth-order valence-electron chi connectivity index (χ4n) is 1.95. The number of nitrogens with one attached hydrogen (secondary N) is 1. The summed E-state index contributed by atoms with van der Waals surface area (Å²) in [6, 6.07) is 4.29. The molecule has 128 valence electrons. The Morgan fingerprint density at radius 3 is 2.29 bits per heavy atom. The largest absolute Gasteiger partial charge is 0.481 e. The monoisotopic (exact) mass is 453 g/mol. The average Bonchev–Trinajstić information content (AvgIpc) is 2.53. The third kappa shape index (κ3) is 4.14. The lowest BCUT2D eigenvalue weighted by atomic mass is 10.1. The number of ether oxygens (including phenoxy) is 1. The zero-order valence-electron chi connectivity index (χ0n) is 12.6. The second-order valence-corrected chi connectivity index (χ2v) is 7.03. The van der Waals surface area contributed by atoms with Gasteiger partial charge in [0.1, 0.15) is 5.82 Å². The molecular weight excluding hydrogens is 443 g/mol. The normalized spacial score (nSPS) is 10.6. The highest BCUT2D eigenvalue weighted by Gasteiger charge is 2.19. The van der Waals surface area contributed by atoms with E-state index in [-0.39, 0.29) is 28.1 Å². The van der Waals surface area contributed by atoms with Gasteiger partial charge in [0.2, 0.25) is 0 Å². The van der Waals surface area contributed by atoms with Crippen LogP contribution in [-0.2, 0) is 4.79 Å². The maximum Gasteiger partial charge on any atom is 0.262 e. The van der Waals surface area contributed by atoms with Crippen molar-refractivity contribution in [2.75, 3.05) is 11.9 Å². The van der Waals surface area contributed by atoms with Gasteiger partial charge in [0, 0.05) is 9.50 Å². The fourth-order valence-corrected chi connectivity index (χ4v) is 3.11. The van der Waals surface area contributed by atoms with E-state index in [2.05, 4.69) is 21.2 Å². The van der Waals surface area contributed by atoms with Crippen molar-refractivity contribution in [3.8, 4) is 5.75 Å². The highest BCUT2D eigenvalue weighted by molar-refractivity contribution is 9.10. The van der Waals surface area contributed by atoms with Crippen molar-refractivity contribution in [2.24, 2.45) is 0 Å². The number of halogens is 5. The molecular formula is C16H12BrCl3FNO2. The van der Waals surface area contributed by atoms with E-state index < -0.39 is 11.7 Å². The van der Waals surface area contributed by atoms with E-state index in [1.165, 1.54) is 12.1 Å². The number of hydrogen-bond acceptors (Lipinski definition) is 2. The van der Waals surface area contributed by atoms with Crippen molar-refractivity contribution in [2.45, 2.75) is 13.8 Å². The summed E-state index contributed by atoms with van der Waals surface area (Å²) in [7, 11) is 0. The number of amides is 1. The van der Waals surface area contributed by atoms with Crippen molar-refractivity contribution in [1.82, 2.24) is 0 Å². The molecule has 0 spiro atoms. The zero-order chi connectivity index (χ0) is 18.0. The van der Waals surface area contributed by atoms with Crippen LogP contribution in [0.25, 0.3) is 0 Å². The number of rotatable bonds is 4. The Morgan fingerprint density at radius 1 is 1.17 bits per heavy atom. The Morgan fingerprint density at radius 2 is 1.75 bits per heavy atom. The third-order valence-electron chi connectivity index (χ3n) is 3.27. The molecule has 8 heteroatoms. The summed E-state index contributed by atoms with van der Waals surface area (Å²) < 4.78 is 19.7. The van der Waals surface area contributed by atoms with Crippen LogP contribution in [0, 0.1) is 19.7 Å². The number of carbonyl (C=O) groups is 1. The number of benzene rings is 2. The number of hydrogen-bond donors (Lipinski definition) is 1. The Balaban J connectivity index is 2.12. The second-order valence-electron chi connectivity index (χ2n) is 4.98. The zero-order valence-corrected chi connectivity index (χ0v) is 16.5. The molecule has 0 aliphatic heterocycles. The maximum atomic E-state index is 13.7. The standard InChI is InChI=1S/C16H12BrCl3FNO2/c1-7-13(18)8(2)15(20)16(14(7)19)24-6-12(23)22-11-4-3-9(17)5-10(11)21/h3-5H,6H2,1-2H3,(H,22,23). The Labute approximate surface area is 162 Å². The number of carbonyl (C=O) groups excluding carboxylic acids is 1. The SMILES string of the molecule is Cc1c(Cl)c(C)c(Cl)c(OCC(=O)Nc2ccc(Br)cc2F)c1Cl. The molecule has 3 nitrogen and oxygen atoms in total. The molecule has 0 aliphatic rings. The lowest BCUT2D eigenvalue weighted by Crippen LogP contribution is -2.21. The molecule has 0 bridgehead atoms. The van der Waals surface area contributed by atoms with Gasteiger partial charge in [0.15, 0.2) is 12.4 Å². The van der Waals surface area contributed by atoms with E-state index in [0.717, 1.165) is 0 Å². The maximum absolute atomic E-state index is 13.7. The molecule has 1 N–H and O–H groups in total. The lowest BCUT2D eigenvalue weighted by Gasteiger charge is -2.15. The summed E-state index contributed by atoms with van der Waals surface area (Å²) in [6.45, 7) is 3.06. The predicted molar refractivity (Wildman–Crippen MR) is 99.2 cm³/mol. The molecule has 2 aromatic rings. The van der Waals surface area contributed by atoms with E-state index in [0.29, 0.717) is 20.6 Å². The minimum absolute atomic E-state index is 0.0486. The molecule has 0 unspecified atom stereocenters. The van der Waals surface area contributed by atoms with Gasteiger partial charge in [-0.05, 0) is 43.2 Å². The van der Waals surface area contributed by atoms with Gasteiger partial charge in [0.05, 0.1) is 15.7 Å². The van der Waals surface area contributed by atoms with Crippen LogP contribution in [0.4, 0.5) is 10.1 Å². The van der Waals surface area contributed by atoms with E-state index in [9.17, 15) is 9.18 Å². The van der Waals surface area contributed by atoms with Crippen molar-refractivity contribution in [1.29, 1.82) is 0 Å². The molecule has 0 heterocycles. The van der Waals surface area contributed by atoms with Gasteiger partial charge in [0.25, 0.3) is 5.91 Å². The molecule has 0 atom stereocenters. The summed E-state index contributed by atoms with van der Waals surface area (Å²) in [4.78, 5) is 12.0. The minimum atomic E-state index is -0.563. The smallest absolute Gasteiger partial charge is 0.262 e. The summed E-state index contributed by atoms with van der Waals surface area (Å²) in [5.41, 5.74) is 1.26. The average molecular weight is 456 g/mol. The minimum Gasteiger partial charge on any atom is -0.481 e. The summed E-state index contributed by atoms with van der Waals surface area (Å²) in [5, 5.41) is 3.33. The molecule has 0 fully saturated rings. The van der Waals surface area contributed by atoms with Gasteiger partial charge in [-0.1, -0.05) is 50.7 Å². The highest BCUT2D eigenvalue weighted by atomic mass is 79.9. The first-order valence-corrected chi connectivity index (χ1v) is 8.66. The molecule has 0 aromatic heterocycles. The molecule has 0 saturated carbocycles. The van der Waals surface area contributed by atoms with Crippen LogP contribution in [-0.4, -0.2) is 12.5 Å². The Hall–Kier alpha value is -1.01. The van der Waals surface area contributed by atoms with Gasteiger partial charge in [-0.25, -0.2) is 4.39 Å². The lowest BCUT2D eigenvalue weighted by molar-refractivity contribution is -0.118. The predicted octanol–water partition coefficient (Wildman–Crippen LogP) is 6.18. The topological polar surface area (TPSA) is 38.3 Å². The van der Waals surface area contributed by atoms with Crippen molar-refractivity contribution >= 4 is 62.3 Å². The molecule has 24 heavy (non-hydrogen) atoms.